The molecule has 0 atom stereocenters. The molecule has 0 fully saturated rings. The first kappa shape index (κ1) is 8.18. The van der Waals surface area contributed by atoms with Gasteiger partial charge in [0.25, 0.3) is 0 Å². The maximum Gasteiger partial charge on any atom is 0.164 e. The molecule has 68 valence electrons. The van der Waals surface area contributed by atoms with Gasteiger partial charge < -0.3 is 9.94 Å². The van der Waals surface area contributed by atoms with Gasteiger partial charge in [0.05, 0.1) is 12.8 Å². The van der Waals surface area contributed by atoms with Gasteiger partial charge in [-0.3, -0.25) is 0 Å². The van der Waals surface area contributed by atoms with Crippen molar-refractivity contribution in [2.45, 2.75) is 6.42 Å². The average Bonchev–Trinajstić information content (AvgIpc) is 2.63. The van der Waals surface area contributed by atoms with Crippen molar-refractivity contribution < 1.29 is 9.94 Å². The Hall–Kier alpha value is -1.43. The number of fused-ring (bicyclic) bond motifs is 1. The number of rotatable bonds is 1. The van der Waals surface area contributed by atoms with Gasteiger partial charge in [0.1, 0.15) is 10.6 Å². The monoisotopic (exact) mass is 197 g/mol. The highest BCUT2D eigenvalue weighted by Crippen LogP contribution is 2.22. The number of hydrogen-bond donors (Lipinski definition) is 1. The van der Waals surface area contributed by atoms with Crippen LogP contribution >= 0.6 is 11.5 Å². The van der Waals surface area contributed by atoms with Crippen molar-refractivity contribution in [1.29, 1.82) is 0 Å². The fourth-order valence-corrected chi connectivity index (χ4v) is 1.87. The minimum atomic E-state index is 0.416. The summed E-state index contributed by atoms with van der Waals surface area (Å²) in [5.41, 5.74) is 1.25. The Labute approximate surface area is 78.5 Å². The summed E-state index contributed by atoms with van der Waals surface area (Å²) in [6, 6.07) is 0. The molecule has 0 aliphatic heterocycles. The molecule has 0 spiro atoms. The first-order valence-electron chi connectivity index (χ1n) is 3.65. The highest BCUT2D eigenvalue weighted by molar-refractivity contribution is 7.08. The lowest BCUT2D eigenvalue weighted by molar-refractivity contribution is 0.294. The maximum absolute atomic E-state index is 8.78. The van der Waals surface area contributed by atoms with E-state index in [1.807, 2.05) is 6.08 Å². The first-order valence-corrected chi connectivity index (χ1v) is 4.42. The molecule has 0 aromatic carbocycles. The Morgan fingerprint density at radius 3 is 3.23 bits per heavy atom. The van der Waals surface area contributed by atoms with Crippen LogP contribution in [0.1, 0.15) is 10.6 Å². The second kappa shape index (κ2) is 3.14. The van der Waals surface area contributed by atoms with Crippen LogP contribution in [0.25, 0.3) is 0 Å². The van der Waals surface area contributed by atoms with Crippen LogP contribution in [0.15, 0.2) is 17.0 Å². The fourth-order valence-electron chi connectivity index (χ4n) is 1.19. The van der Waals surface area contributed by atoms with E-state index in [1.165, 1.54) is 18.6 Å². The van der Waals surface area contributed by atoms with Gasteiger partial charge in [-0.15, -0.1) is 5.10 Å². The minimum Gasteiger partial charge on any atom is -0.495 e. The number of nitrogens with zero attached hydrogens (tertiary/aromatic N) is 3. The van der Waals surface area contributed by atoms with Crippen LogP contribution in [0.3, 0.4) is 0 Å². The third-order valence-electron chi connectivity index (χ3n) is 1.80. The standard InChI is InChI=1S/C7H7N3O2S/c1-12-5-3-2-4-7(6(5)9-11)13-10-8-4/h3,11H,2H2,1H3/b9-6-. The molecule has 1 aliphatic rings. The predicted molar refractivity (Wildman–Crippen MR) is 47.0 cm³/mol. The topological polar surface area (TPSA) is 67.6 Å². The molecule has 1 aliphatic carbocycles. The number of methoxy groups -OCH3 is 1. The number of ether oxygens (including phenoxy) is 1. The largest absolute Gasteiger partial charge is 0.495 e. The normalized spacial score (nSPS) is 18.2. The average molecular weight is 197 g/mol. The van der Waals surface area contributed by atoms with Crippen LogP contribution in [0.5, 0.6) is 0 Å². The van der Waals surface area contributed by atoms with Gasteiger partial charge >= 0.3 is 0 Å². The number of allylic oxidation sites excluding steroid dienone is 2. The molecule has 0 radical (unpaired) electrons. The molecule has 0 saturated heterocycles. The van der Waals surface area contributed by atoms with Crippen molar-refractivity contribution in [1.82, 2.24) is 9.59 Å². The second-order valence-corrected chi connectivity index (χ2v) is 3.23. The third-order valence-corrected chi connectivity index (χ3v) is 2.58. The smallest absolute Gasteiger partial charge is 0.164 e. The van der Waals surface area contributed by atoms with Crippen molar-refractivity contribution in [3.63, 3.8) is 0 Å². The lowest BCUT2D eigenvalue weighted by atomic mass is 10.1. The third kappa shape index (κ3) is 1.19. The molecule has 1 heterocycles. The Morgan fingerprint density at radius 1 is 1.69 bits per heavy atom. The Bertz CT molecular complexity index is 383. The molecule has 6 heteroatoms. The van der Waals surface area contributed by atoms with E-state index in [9.17, 15) is 0 Å². The van der Waals surface area contributed by atoms with E-state index in [1.54, 1.807) is 0 Å². The summed E-state index contributed by atoms with van der Waals surface area (Å²) in [4.78, 5) is 0.779. The van der Waals surface area contributed by atoms with E-state index in [4.69, 9.17) is 9.94 Å². The van der Waals surface area contributed by atoms with Gasteiger partial charge in [0, 0.05) is 6.42 Å². The van der Waals surface area contributed by atoms with Gasteiger partial charge in [-0.1, -0.05) is 9.64 Å². The number of aromatic nitrogens is 2. The minimum absolute atomic E-state index is 0.416. The van der Waals surface area contributed by atoms with E-state index in [0.717, 1.165) is 10.6 Å². The van der Waals surface area contributed by atoms with Crippen LogP contribution < -0.4 is 0 Å². The van der Waals surface area contributed by atoms with Crippen LogP contribution in [-0.2, 0) is 11.2 Å². The van der Waals surface area contributed by atoms with Crippen molar-refractivity contribution in [3.8, 4) is 0 Å². The molecular formula is C7H7N3O2S. The summed E-state index contributed by atoms with van der Waals surface area (Å²) in [5.74, 6) is 0.570. The van der Waals surface area contributed by atoms with E-state index < -0.39 is 0 Å². The van der Waals surface area contributed by atoms with Crippen LogP contribution in [0.2, 0.25) is 0 Å². The highest BCUT2D eigenvalue weighted by Gasteiger charge is 2.23. The van der Waals surface area contributed by atoms with Gasteiger partial charge in [-0.2, -0.15) is 0 Å². The van der Waals surface area contributed by atoms with Crippen LogP contribution in [0.4, 0.5) is 0 Å². The quantitative estimate of drug-likeness (QED) is 0.534. The van der Waals surface area contributed by atoms with Gasteiger partial charge in [0.15, 0.2) is 5.71 Å². The first-order chi connectivity index (χ1) is 6.36. The van der Waals surface area contributed by atoms with Crippen molar-refractivity contribution in [2.24, 2.45) is 5.16 Å². The molecule has 0 saturated carbocycles. The molecule has 1 N–H and O–H groups in total. The second-order valence-electron chi connectivity index (χ2n) is 2.47. The number of oxime groups is 1. The molecule has 0 amide bonds. The van der Waals surface area contributed by atoms with E-state index in [0.29, 0.717) is 17.9 Å². The summed E-state index contributed by atoms with van der Waals surface area (Å²) < 4.78 is 8.82. The molecule has 5 nitrogen and oxygen atoms in total. The van der Waals surface area contributed by atoms with Crippen molar-refractivity contribution >= 4 is 17.2 Å². The Balaban J connectivity index is 2.49. The molecule has 0 unspecified atom stereocenters. The van der Waals surface area contributed by atoms with Crippen LogP contribution in [-0.4, -0.2) is 27.6 Å². The van der Waals surface area contributed by atoms with E-state index >= 15 is 0 Å². The van der Waals surface area contributed by atoms with Gasteiger partial charge in [-0.25, -0.2) is 0 Å². The highest BCUT2D eigenvalue weighted by atomic mass is 32.1. The Kier molecular flexibility index (Phi) is 1.97. The van der Waals surface area contributed by atoms with E-state index in [2.05, 4.69) is 14.7 Å². The molecule has 1 aromatic rings. The molecule has 1 aromatic heterocycles. The van der Waals surface area contributed by atoms with Gasteiger partial charge in [-0.05, 0) is 17.6 Å². The summed E-state index contributed by atoms with van der Waals surface area (Å²) in [7, 11) is 1.54. The van der Waals surface area contributed by atoms with E-state index in [-0.39, 0.29) is 0 Å². The zero-order chi connectivity index (χ0) is 9.26. The zero-order valence-corrected chi connectivity index (χ0v) is 7.71. The number of hydrogen-bond acceptors (Lipinski definition) is 6. The fraction of sp³-hybridized carbons (Fsp3) is 0.286. The summed E-state index contributed by atoms with van der Waals surface area (Å²) in [6.45, 7) is 0. The summed E-state index contributed by atoms with van der Waals surface area (Å²) in [6.07, 6.45) is 2.49. The lowest BCUT2D eigenvalue weighted by Crippen LogP contribution is -2.12. The Morgan fingerprint density at radius 2 is 2.54 bits per heavy atom. The van der Waals surface area contributed by atoms with Gasteiger partial charge in [0.2, 0.25) is 0 Å². The summed E-state index contributed by atoms with van der Waals surface area (Å²) in [5, 5.41) is 15.8. The summed E-state index contributed by atoms with van der Waals surface area (Å²) >= 11 is 1.20. The van der Waals surface area contributed by atoms with Crippen molar-refractivity contribution in [3.05, 3.63) is 22.4 Å². The predicted octanol–water partition coefficient (Wildman–Crippen LogP) is 0.803. The lowest BCUT2D eigenvalue weighted by Gasteiger charge is -2.10. The molecule has 0 bridgehead atoms. The zero-order valence-electron chi connectivity index (χ0n) is 6.89. The van der Waals surface area contributed by atoms with Crippen molar-refractivity contribution in [2.75, 3.05) is 7.11 Å². The van der Waals surface area contributed by atoms with Crippen LogP contribution in [0, 0.1) is 0 Å². The SMILES string of the molecule is COC1=CCc2nnsc2/C1=N\O. The molecular weight excluding hydrogens is 190 g/mol. The molecule has 13 heavy (non-hydrogen) atoms. The maximum atomic E-state index is 8.78. The molecule has 2 rings (SSSR count).